The first kappa shape index (κ1) is 13.4. The van der Waals surface area contributed by atoms with Crippen LogP contribution in [0.4, 0.5) is 0 Å². The summed E-state index contributed by atoms with van der Waals surface area (Å²) in [5.41, 5.74) is 7.20. The van der Waals surface area contributed by atoms with E-state index < -0.39 is 0 Å². The smallest absolute Gasteiger partial charge is 0.118 e. The highest BCUT2D eigenvalue weighted by Gasteiger charge is 2.24. The number of methoxy groups -OCH3 is 1. The van der Waals surface area contributed by atoms with Gasteiger partial charge in [0, 0.05) is 6.04 Å². The summed E-state index contributed by atoms with van der Waals surface area (Å²) in [6, 6.07) is 8.01. The lowest BCUT2D eigenvalue weighted by atomic mass is 10.0. The monoisotopic (exact) mass is 249 g/mol. The minimum Gasteiger partial charge on any atom is -0.497 e. The van der Waals surface area contributed by atoms with E-state index in [9.17, 15) is 0 Å². The molecule has 1 aromatic rings. The normalized spacial score (nSPS) is 19.7. The van der Waals surface area contributed by atoms with E-state index in [4.69, 9.17) is 15.2 Å². The third-order valence-electron chi connectivity index (χ3n) is 3.56. The fourth-order valence-electron chi connectivity index (χ4n) is 2.53. The molecule has 0 saturated heterocycles. The summed E-state index contributed by atoms with van der Waals surface area (Å²) >= 11 is 0. The van der Waals surface area contributed by atoms with Crippen molar-refractivity contribution in [1.82, 2.24) is 0 Å². The molecule has 0 radical (unpaired) electrons. The molecule has 0 aromatic heterocycles. The van der Waals surface area contributed by atoms with E-state index in [1.165, 1.54) is 25.7 Å². The molecule has 1 aromatic carbocycles. The molecule has 0 aliphatic heterocycles. The number of hydrogen-bond acceptors (Lipinski definition) is 3. The maximum atomic E-state index is 6.17. The van der Waals surface area contributed by atoms with Crippen molar-refractivity contribution in [3.8, 4) is 5.75 Å². The van der Waals surface area contributed by atoms with Crippen LogP contribution in [0, 0.1) is 0 Å². The lowest BCUT2D eigenvalue weighted by molar-refractivity contribution is -0.0202. The molecular formula is C15H23NO2. The Morgan fingerprint density at radius 1 is 1.17 bits per heavy atom. The number of benzene rings is 1. The number of ether oxygens (including phenoxy) is 2. The van der Waals surface area contributed by atoms with Crippen molar-refractivity contribution in [2.75, 3.05) is 7.11 Å². The van der Waals surface area contributed by atoms with Crippen LogP contribution in [0.2, 0.25) is 0 Å². The minimum absolute atomic E-state index is 0.000931. The Labute approximate surface area is 109 Å². The lowest BCUT2D eigenvalue weighted by Gasteiger charge is -2.25. The third kappa shape index (κ3) is 3.24. The lowest BCUT2D eigenvalue weighted by Crippen LogP contribution is -2.29. The molecule has 2 unspecified atom stereocenters. The van der Waals surface area contributed by atoms with Crippen molar-refractivity contribution >= 4 is 0 Å². The standard InChI is InChI=1S/C15H23NO2/c1-11(16)15(18-14-5-3-4-6-14)12-7-9-13(17-2)10-8-12/h7-11,14-15H,3-6,16H2,1-2H3. The summed E-state index contributed by atoms with van der Waals surface area (Å²) in [7, 11) is 1.67. The van der Waals surface area contributed by atoms with Crippen molar-refractivity contribution in [1.29, 1.82) is 0 Å². The van der Waals surface area contributed by atoms with E-state index in [0.717, 1.165) is 11.3 Å². The highest BCUT2D eigenvalue weighted by Crippen LogP contribution is 2.30. The molecule has 1 saturated carbocycles. The second kappa shape index (κ2) is 6.21. The summed E-state index contributed by atoms with van der Waals surface area (Å²) in [6.45, 7) is 2.00. The summed E-state index contributed by atoms with van der Waals surface area (Å²) in [6.07, 6.45) is 5.25. The van der Waals surface area contributed by atoms with Gasteiger partial charge in [0.2, 0.25) is 0 Å². The van der Waals surface area contributed by atoms with Crippen LogP contribution in [0.3, 0.4) is 0 Å². The Balaban J connectivity index is 2.07. The van der Waals surface area contributed by atoms with Gasteiger partial charge in [-0.15, -0.1) is 0 Å². The molecule has 3 nitrogen and oxygen atoms in total. The Morgan fingerprint density at radius 2 is 1.78 bits per heavy atom. The summed E-state index contributed by atoms with van der Waals surface area (Å²) in [5.74, 6) is 0.864. The average Bonchev–Trinajstić information content (AvgIpc) is 2.89. The molecule has 0 amide bonds. The Hall–Kier alpha value is -1.06. The maximum absolute atomic E-state index is 6.17. The zero-order chi connectivity index (χ0) is 13.0. The fourth-order valence-corrected chi connectivity index (χ4v) is 2.53. The van der Waals surface area contributed by atoms with Crippen LogP contribution in [0.1, 0.15) is 44.3 Å². The minimum atomic E-state index is -0.0148. The van der Waals surface area contributed by atoms with Crippen LogP contribution in [0.5, 0.6) is 5.75 Å². The molecule has 2 rings (SSSR count). The maximum Gasteiger partial charge on any atom is 0.118 e. The summed E-state index contributed by atoms with van der Waals surface area (Å²) in [5, 5.41) is 0. The molecule has 18 heavy (non-hydrogen) atoms. The van der Waals surface area contributed by atoms with E-state index in [1.54, 1.807) is 7.11 Å². The van der Waals surface area contributed by atoms with Gasteiger partial charge >= 0.3 is 0 Å². The Bertz CT molecular complexity index is 355. The first-order valence-electron chi connectivity index (χ1n) is 6.75. The quantitative estimate of drug-likeness (QED) is 0.872. The van der Waals surface area contributed by atoms with Crippen LogP contribution in [0.25, 0.3) is 0 Å². The van der Waals surface area contributed by atoms with E-state index in [2.05, 4.69) is 0 Å². The van der Waals surface area contributed by atoms with Crippen molar-refractivity contribution < 1.29 is 9.47 Å². The van der Waals surface area contributed by atoms with Gasteiger partial charge in [0.15, 0.2) is 0 Å². The summed E-state index contributed by atoms with van der Waals surface area (Å²) in [4.78, 5) is 0. The molecule has 1 aliphatic rings. The molecular weight excluding hydrogens is 226 g/mol. The SMILES string of the molecule is COc1ccc(C(OC2CCCC2)C(C)N)cc1. The predicted molar refractivity (Wildman–Crippen MR) is 72.7 cm³/mol. The van der Waals surface area contributed by atoms with Crippen molar-refractivity contribution in [2.45, 2.75) is 50.9 Å². The highest BCUT2D eigenvalue weighted by atomic mass is 16.5. The van der Waals surface area contributed by atoms with Crippen molar-refractivity contribution in [3.05, 3.63) is 29.8 Å². The van der Waals surface area contributed by atoms with E-state index in [0.29, 0.717) is 6.10 Å². The first-order chi connectivity index (χ1) is 8.70. The molecule has 0 bridgehead atoms. The van der Waals surface area contributed by atoms with E-state index in [-0.39, 0.29) is 12.1 Å². The van der Waals surface area contributed by atoms with Crippen LogP contribution < -0.4 is 10.5 Å². The van der Waals surface area contributed by atoms with Gasteiger partial charge in [0.1, 0.15) is 5.75 Å². The number of nitrogens with two attached hydrogens (primary N) is 1. The molecule has 1 aliphatic carbocycles. The number of rotatable bonds is 5. The molecule has 1 fully saturated rings. The van der Waals surface area contributed by atoms with Crippen molar-refractivity contribution in [2.24, 2.45) is 5.73 Å². The average molecular weight is 249 g/mol. The van der Waals surface area contributed by atoms with Gasteiger partial charge in [-0.1, -0.05) is 25.0 Å². The molecule has 2 atom stereocenters. The second-order valence-corrected chi connectivity index (χ2v) is 5.10. The molecule has 100 valence electrons. The van der Waals surface area contributed by atoms with Gasteiger partial charge in [-0.25, -0.2) is 0 Å². The first-order valence-corrected chi connectivity index (χ1v) is 6.75. The van der Waals surface area contributed by atoms with Gasteiger partial charge in [0.25, 0.3) is 0 Å². The van der Waals surface area contributed by atoms with E-state index in [1.807, 2.05) is 31.2 Å². The highest BCUT2D eigenvalue weighted by molar-refractivity contribution is 5.29. The molecule has 0 spiro atoms. The summed E-state index contributed by atoms with van der Waals surface area (Å²) < 4.78 is 11.3. The molecule has 2 N–H and O–H groups in total. The third-order valence-corrected chi connectivity index (χ3v) is 3.56. The second-order valence-electron chi connectivity index (χ2n) is 5.10. The van der Waals surface area contributed by atoms with Crippen molar-refractivity contribution in [3.63, 3.8) is 0 Å². The van der Waals surface area contributed by atoms with Gasteiger partial charge in [-0.05, 0) is 37.5 Å². The van der Waals surface area contributed by atoms with Crippen LogP contribution >= 0.6 is 0 Å². The predicted octanol–water partition coefficient (Wildman–Crippen LogP) is 3.04. The van der Waals surface area contributed by atoms with Gasteiger partial charge in [0.05, 0.1) is 19.3 Å². The zero-order valence-electron chi connectivity index (χ0n) is 11.3. The molecule has 3 heteroatoms. The molecule has 0 heterocycles. The fraction of sp³-hybridized carbons (Fsp3) is 0.600. The Morgan fingerprint density at radius 3 is 2.28 bits per heavy atom. The zero-order valence-corrected chi connectivity index (χ0v) is 11.3. The van der Waals surface area contributed by atoms with Crippen LogP contribution in [-0.2, 0) is 4.74 Å². The van der Waals surface area contributed by atoms with E-state index >= 15 is 0 Å². The van der Waals surface area contributed by atoms with Gasteiger partial charge < -0.3 is 15.2 Å². The largest absolute Gasteiger partial charge is 0.497 e. The van der Waals surface area contributed by atoms with Gasteiger partial charge in [-0.3, -0.25) is 0 Å². The van der Waals surface area contributed by atoms with Gasteiger partial charge in [-0.2, -0.15) is 0 Å². The topological polar surface area (TPSA) is 44.5 Å². The Kier molecular flexibility index (Phi) is 4.61. The van der Waals surface area contributed by atoms with Crippen LogP contribution in [0.15, 0.2) is 24.3 Å². The number of hydrogen-bond donors (Lipinski definition) is 1. The van der Waals surface area contributed by atoms with Crippen LogP contribution in [-0.4, -0.2) is 19.3 Å².